The molecule has 0 aliphatic carbocycles. The van der Waals surface area contributed by atoms with E-state index < -0.39 is 0 Å². The van der Waals surface area contributed by atoms with Crippen molar-refractivity contribution in [3.8, 4) is 0 Å². The maximum atomic E-state index is 11.2. The highest BCUT2D eigenvalue weighted by Crippen LogP contribution is 2.30. The third-order valence-corrected chi connectivity index (χ3v) is 4.72. The van der Waals surface area contributed by atoms with Crippen LogP contribution in [0.4, 0.5) is 5.13 Å². The Morgan fingerprint density at radius 1 is 1.61 bits per heavy atom. The third-order valence-electron chi connectivity index (χ3n) is 3.09. The van der Waals surface area contributed by atoms with Gasteiger partial charge in [0.2, 0.25) is 0 Å². The van der Waals surface area contributed by atoms with E-state index in [2.05, 4.69) is 24.1 Å². The molecule has 0 aromatic carbocycles. The Morgan fingerprint density at radius 2 is 2.39 bits per heavy atom. The topological polar surface area (TPSA) is 54.4 Å². The molecule has 2 rings (SSSR count). The van der Waals surface area contributed by atoms with Crippen LogP contribution in [0.15, 0.2) is 10.4 Å². The molecular formula is C12H17N3OS2. The number of ketones is 1. The number of Topliss-reactive ketones (excluding diaryl/α,β-unsaturated/α-hetero) is 1. The monoisotopic (exact) mass is 283 g/mol. The SMILES string of the molecule is CCC1(C)CCSC(Nc2nc(C(C)=O)cs2)=N1. The summed E-state index contributed by atoms with van der Waals surface area (Å²) in [6.07, 6.45) is 2.14. The number of nitrogens with zero attached hydrogens (tertiary/aromatic N) is 2. The third kappa shape index (κ3) is 3.11. The smallest absolute Gasteiger partial charge is 0.189 e. The van der Waals surface area contributed by atoms with Gasteiger partial charge in [0.25, 0.3) is 0 Å². The number of carbonyl (C=O) groups is 1. The van der Waals surface area contributed by atoms with Gasteiger partial charge in [0.05, 0.1) is 5.54 Å². The van der Waals surface area contributed by atoms with Gasteiger partial charge in [0.15, 0.2) is 16.1 Å². The first-order chi connectivity index (χ1) is 8.52. The first-order valence-electron chi connectivity index (χ1n) is 5.98. The van der Waals surface area contributed by atoms with E-state index in [1.54, 1.807) is 17.1 Å². The van der Waals surface area contributed by atoms with Gasteiger partial charge in [0, 0.05) is 18.1 Å². The fraction of sp³-hybridized carbons (Fsp3) is 0.583. The molecule has 0 saturated heterocycles. The number of hydrogen-bond donors (Lipinski definition) is 1. The zero-order valence-electron chi connectivity index (χ0n) is 10.8. The van der Waals surface area contributed by atoms with Crippen molar-refractivity contribution in [2.45, 2.75) is 39.2 Å². The number of rotatable bonds is 3. The van der Waals surface area contributed by atoms with Crippen LogP contribution in [0.2, 0.25) is 0 Å². The molecule has 98 valence electrons. The van der Waals surface area contributed by atoms with Crippen LogP contribution >= 0.6 is 23.1 Å². The summed E-state index contributed by atoms with van der Waals surface area (Å²) in [4.78, 5) is 20.2. The zero-order valence-corrected chi connectivity index (χ0v) is 12.5. The molecule has 18 heavy (non-hydrogen) atoms. The highest BCUT2D eigenvalue weighted by Gasteiger charge is 2.26. The lowest BCUT2D eigenvalue weighted by molar-refractivity contribution is 0.101. The van der Waals surface area contributed by atoms with Crippen molar-refractivity contribution >= 4 is 39.2 Å². The molecule has 0 fully saturated rings. The fourth-order valence-electron chi connectivity index (χ4n) is 1.61. The molecule has 0 saturated carbocycles. The summed E-state index contributed by atoms with van der Waals surface area (Å²) < 4.78 is 0. The second-order valence-corrected chi connectivity index (χ2v) is 6.53. The second kappa shape index (κ2) is 5.40. The van der Waals surface area contributed by atoms with Crippen molar-refractivity contribution in [2.24, 2.45) is 4.99 Å². The van der Waals surface area contributed by atoms with Crippen molar-refractivity contribution in [1.82, 2.24) is 4.98 Å². The van der Waals surface area contributed by atoms with E-state index >= 15 is 0 Å². The van der Waals surface area contributed by atoms with E-state index in [1.807, 2.05) is 0 Å². The van der Waals surface area contributed by atoms with E-state index in [0.717, 1.165) is 28.9 Å². The van der Waals surface area contributed by atoms with Gasteiger partial charge in [-0.1, -0.05) is 18.7 Å². The Labute approximate surface area is 115 Å². The van der Waals surface area contributed by atoms with E-state index in [1.165, 1.54) is 18.3 Å². The number of amidine groups is 1. The Hall–Kier alpha value is -0.880. The molecule has 6 heteroatoms. The highest BCUT2D eigenvalue weighted by atomic mass is 32.2. The number of anilines is 1. The van der Waals surface area contributed by atoms with Crippen molar-refractivity contribution in [2.75, 3.05) is 11.1 Å². The highest BCUT2D eigenvalue weighted by molar-refractivity contribution is 8.14. The predicted molar refractivity (Wildman–Crippen MR) is 78.9 cm³/mol. The van der Waals surface area contributed by atoms with Gasteiger partial charge < -0.3 is 5.32 Å². The Bertz CT molecular complexity index is 483. The fourth-order valence-corrected chi connectivity index (χ4v) is 3.61. The van der Waals surface area contributed by atoms with Crippen molar-refractivity contribution < 1.29 is 4.79 Å². The molecule has 0 radical (unpaired) electrons. The van der Waals surface area contributed by atoms with E-state index in [-0.39, 0.29) is 11.3 Å². The van der Waals surface area contributed by atoms with Crippen molar-refractivity contribution in [3.05, 3.63) is 11.1 Å². The maximum Gasteiger partial charge on any atom is 0.189 e. The number of carbonyl (C=O) groups excluding carboxylic acids is 1. The summed E-state index contributed by atoms with van der Waals surface area (Å²) in [5, 5.41) is 6.64. The Kier molecular flexibility index (Phi) is 4.07. The summed E-state index contributed by atoms with van der Waals surface area (Å²) in [7, 11) is 0. The lowest BCUT2D eigenvalue weighted by Crippen LogP contribution is -2.29. The number of thiazole rings is 1. The average molecular weight is 283 g/mol. The summed E-state index contributed by atoms with van der Waals surface area (Å²) in [6, 6.07) is 0. The Balaban J connectivity index is 2.11. The molecule has 0 spiro atoms. The number of hydrogen-bond acceptors (Lipinski definition) is 6. The molecule has 1 aliphatic heterocycles. The molecule has 0 amide bonds. The minimum Gasteiger partial charge on any atom is -0.311 e. The quantitative estimate of drug-likeness (QED) is 0.864. The van der Waals surface area contributed by atoms with Crippen LogP contribution in [0, 0.1) is 0 Å². The van der Waals surface area contributed by atoms with Gasteiger partial charge >= 0.3 is 0 Å². The predicted octanol–water partition coefficient (Wildman–Crippen LogP) is 3.42. The molecule has 1 unspecified atom stereocenters. The van der Waals surface area contributed by atoms with Gasteiger partial charge in [-0.2, -0.15) is 0 Å². The van der Waals surface area contributed by atoms with Gasteiger partial charge in [-0.15, -0.1) is 11.3 Å². The lowest BCUT2D eigenvalue weighted by atomic mass is 9.97. The number of aliphatic imine (C=N–C) groups is 1. The molecule has 1 aromatic rings. The lowest BCUT2D eigenvalue weighted by Gasteiger charge is -2.28. The zero-order chi connectivity index (χ0) is 13.2. The second-order valence-electron chi connectivity index (χ2n) is 4.58. The minimum atomic E-state index is -0.00377. The van der Waals surface area contributed by atoms with Crippen LogP contribution in [0.25, 0.3) is 0 Å². The van der Waals surface area contributed by atoms with Gasteiger partial charge in [-0.3, -0.25) is 9.79 Å². The normalized spacial score (nSPS) is 23.6. The van der Waals surface area contributed by atoms with Crippen LogP contribution in [0.5, 0.6) is 0 Å². The molecule has 1 atom stereocenters. The maximum absolute atomic E-state index is 11.2. The minimum absolute atomic E-state index is 0.00377. The van der Waals surface area contributed by atoms with E-state index in [9.17, 15) is 4.79 Å². The molecule has 2 heterocycles. The number of aromatic nitrogens is 1. The van der Waals surface area contributed by atoms with Gasteiger partial charge in [-0.25, -0.2) is 4.98 Å². The summed E-state index contributed by atoms with van der Waals surface area (Å²) in [5.74, 6) is 1.07. The largest absolute Gasteiger partial charge is 0.311 e. The molecule has 4 nitrogen and oxygen atoms in total. The van der Waals surface area contributed by atoms with Crippen LogP contribution in [0.1, 0.15) is 44.1 Å². The summed E-state index contributed by atoms with van der Waals surface area (Å²) in [6.45, 7) is 5.87. The molecule has 1 aromatic heterocycles. The summed E-state index contributed by atoms with van der Waals surface area (Å²) >= 11 is 3.16. The molecular weight excluding hydrogens is 266 g/mol. The van der Waals surface area contributed by atoms with E-state index in [0.29, 0.717) is 5.69 Å². The van der Waals surface area contributed by atoms with Crippen LogP contribution < -0.4 is 5.32 Å². The standard InChI is InChI=1S/C12H17N3OS2/c1-4-12(3)5-6-17-11(15-12)14-10-13-9(7-18-10)8(2)16/h7H,4-6H2,1-3H3,(H,13,14,15). The van der Waals surface area contributed by atoms with Crippen LogP contribution in [0.3, 0.4) is 0 Å². The number of thioether (sulfide) groups is 1. The van der Waals surface area contributed by atoms with Crippen LogP contribution in [-0.2, 0) is 0 Å². The van der Waals surface area contributed by atoms with Gasteiger partial charge in [-0.05, 0) is 19.8 Å². The average Bonchev–Trinajstić information content (AvgIpc) is 2.78. The van der Waals surface area contributed by atoms with E-state index in [4.69, 9.17) is 4.99 Å². The molecule has 0 bridgehead atoms. The molecule has 1 N–H and O–H groups in total. The van der Waals surface area contributed by atoms with Crippen molar-refractivity contribution in [1.29, 1.82) is 0 Å². The first-order valence-corrected chi connectivity index (χ1v) is 7.85. The Morgan fingerprint density at radius 3 is 3.00 bits per heavy atom. The van der Waals surface area contributed by atoms with Gasteiger partial charge in [0.1, 0.15) is 5.69 Å². The molecule has 1 aliphatic rings. The van der Waals surface area contributed by atoms with Crippen molar-refractivity contribution in [3.63, 3.8) is 0 Å². The summed E-state index contributed by atoms with van der Waals surface area (Å²) in [5.41, 5.74) is 0.552. The van der Waals surface area contributed by atoms with Crippen LogP contribution in [-0.4, -0.2) is 27.2 Å². The number of nitrogens with one attached hydrogen (secondary N) is 1. The first kappa shape index (κ1) is 13.5.